The standard InChI is InChI=1S/C24H27N5O4/c1-24(2,3)23(32)28-14-12-27(13-15-28)21(30)19-22(31)29(17-9-5-6-10-18(17)33-4)20-16(26-19)8-7-11-25-20/h5-11H,12-15H2,1-4H3. The molecule has 9 heteroatoms. The normalized spacial score (nSPS) is 14.4. The molecule has 0 saturated carbocycles. The first-order chi connectivity index (χ1) is 15.7. The van der Waals surface area contributed by atoms with Gasteiger partial charge in [-0.15, -0.1) is 0 Å². The van der Waals surface area contributed by atoms with Crippen LogP contribution in [-0.4, -0.2) is 69.4 Å². The first-order valence-electron chi connectivity index (χ1n) is 10.8. The molecule has 0 N–H and O–H groups in total. The summed E-state index contributed by atoms with van der Waals surface area (Å²) < 4.78 is 6.81. The highest BCUT2D eigenvalue weighted by Crippen LogP contribution is 2.24. The van der Waals surface area contributed by atoms with Gasteiger partial charge in [-0.1, -0.05) is 32.9 Å². The molecule has 1 aliphatic heterocycles. The number of carbonyl (C=O) groups excluding carboxylic acids is 2. The summed E-state index contributed by atoms with van der Waals surface area (Å²) in [5.74, 6) is 0.0609. The van der Waals surface area contributed by atoms with Crippen LogP contribution in [0.15, 0.2) is 47.4 Å². The zero-order chi connectivity index (χ0) is 23.8. The first-order valence-corrected chi connectivity index (χ1v) is 10.8. The van der Waals surface area contributed by atoms with Crippen LogP contribution in [-0.2, 0) is 4.79 Å². The van der Waals surface area contributed by atoms with E-state index in [9.17, 15) is 14.4 Å². The predicted molar refractivity (Wildman–Crippen MR) is 124 cm³/mol. The number of hydrogen-bond acceptors (Lipinski definition) is 6. The van der Waals surface area contributed by atoms with Crippen molar-refractivity contribution in [3.05, 3.63) is 58.6 Å². The minimum absolute atomic E-state index is 0.0445. The molecule has 0 aliphatic carbocycles. The van der Waals surface area contributed by atoms with Gasteiger partial charge in [0.25, 0.3) is 11.5 Å². The number of fused-ring (bicyclic) bond motifs is 1. The van der Waals surface area contributed by atoms with Crippen molar-refractivity contribution in [2.75, 3.05) is 33.3 Å². The quantitative estimate of drug-likeness (QED) is 0.608. The van der Waals surface area contributed by atoms with E-state index in [2.05, 4.69) is 9.97 Å². The number of aromatic nitrogens is 3. The second-order valence-corrected chi connectivity index (χ2v) is 8.95. The van der Waals surface area contributed by atoms with Crippen molar-refractivity contribution in [2.45, 2.75) is 20.8 Å². The maximum absolute atomic E-state index is 13.5. The Kier molecular flexibility index (Phi) is 5.88. The molecular formula is C24H27N5O4. The van der Waals surface area contributed by atoms with E-state index in [1.54, 1.807) is 52.4 Å². The smallest absolute Gasteiger partial charge is 0.288 e. The molecule has 4 rings (SSSR count). The number of nitrogens with zero attached hydrogens (tertiary/aromatic N) is 5. The number of methoxy groups -OCH3 is 1. The average Bonchev–Trinajstić information content (AvgIpc) is 2.82. The van der Waals surface area contributed by atoms with Gasteiger partial charge in [0.2, 0.25) is 5.91 Å². The third-order valence-electron chi connectivity index (χ3n) is 5.64. The summed E-state index contributed by atoms with van der Waals surface area (Å²) in [6.07, 6.45) is 1.57. The molecule has 1 aliphatic rings. The highest BCUT2D eigenvalue weighted by Gasteiger charge is 2.32. The van der Waals surface area contributed by atoms with Crippen molar-refractivity contribution in [1.29, 1.82) is 0 Å². The maximum Gasteiger partial charge on any atom is 0.288 e. The number of hydrogen-bond donors (Lipinski definition) is 0. The van der Waals surface area contributed by atoms with Crippen LogP contribution >= 0.6 is 0 Å². The summed E-state index contributed by atoms with van der Waals surface area (Å²) in [6.45, 7) is 7.12. The highest BCUT2D eigenvalue weighted by molar-refractivity contribution is 5.94. The van der Waals surface area contributed by atoms with Crippen LogP contribution in [0.5, 0.6) is 5.75 Å². The van der Waals surface area contributed by atoms with Gasteiger partial charge < -0.3 is 14.5 Å². The Morgan fingerprint density at radius 2 is 1.64 bits per heavy atom. The second kappa shape index (κ2) is 8.65. The third-order valence-corrected chi connectivity index (χ3v) is 5.64. The van der Waals surface area contributed by atoms with E-state index in [0.717, 1.165) is 0 Å². The van der Waals surface area contributed by atoms with Crippen molar-refractivity contribution in [3.8, 4) is 11.4 Å². The number of carbonyl (C=O) groups is 2. The van der Waals surface area contributed by atoms with Gasteiger partial charge in [-0.05, 0) is 24.3 Å². The number of amides is 2. The Morgan fingerprint density at radius 1 is 0.970 bits per heavy atom. The molecule has 1 aromatic carbocycles. The summed E-state index contributed by atoms with van der Waals surface area (Å²) in [4.78, 5) is 51.5. The Morgan fingerprint density at radius 3 is 2.30 bits per heavy atom. The van der Waals surface area contributed by atoms with Crippen molar-refractivity contribution in [2.24, 2.45) is 5.41 Å². The number of ether oxygens (including phenoxy) is 1. The average molecular weight is 450 g/mol. The van der Waals surface area contributed by atoms with Crippen molar-refractivity contribution >= 4 is 23.0 Å². The summed E-state index contributed by atoms with van der Waals surface area (Å²) in [7, 11) is 1.52. The lowest BCUT2D eigenvalue weighted by molar-refractivity contribution is -0.140. The van der Waals surface area contributed by atoms with Gasteiger partial charge in [-0.2, -0.15) is 0 Å². The van der Waals surface area contributed by atoms with Crippen LogP contribution in [0.25, 0.3) is 16.9 Å². The van der Waals surface area contributed by atoms with Gasteiger partial charge in [0.15, 0.2) is 11.3 Å². The molecule has 0 spiro atoms. The fourth-order valence-electron chi connectivity index (χ4n) is 3.93. The third kappa shape index (κ3) is 4.18. The van der Waals surface area contributed by atoms with Crippen LogP contribution in [0.1, 0.15) is 31.3 Å². The summed E-state index contributed by atoms with van der Waals surface area (Å²) in [5, 5.41) is 0. The SMILES string of the molecule is COc1ccccc1-n1c(=O)c(C(=O)N2CCN(C(=O)C(C)(C)C)CC2)nc2cccnc21. The highest BCUT2D eigenvalue weighted by atomic mass is 16.5. The van der Waals surface area contributed by atoms with Crippen molar-refractivity contribution in [3.63, 3.8) is 0 Å². The Bertz CT molecular complexity index is 1270. The van der Waals surface area contributed by atoms with E-state index >= 15 is 0 Å². The van der Waals surface area contributed by atoms with Crippen molar-refractivity contribution in [1.82, 2.24) is 24.3 Å². The predicted octanol–water partition coefficient (Wildman–Crippen LogP) is 2.12. The Labute approximate surface area is 191 Å². The maximum atomic E-state index is 13.5. The molecule has 172 valence electrons. The molecule has 0 unspecified atom stereocenters. The lowest BCUT2D eigenvalue weighted by atomic mass is 9.94. The van der Waals surface area contributed by atoms with Crippen LogP contribution in [0.4, 0.5) is 0 Å². The molecule has 0 atom stereocenters. The molecule has 9 nitrogen and oxygen atoms in total. The van der Waals surface area contributed by atoms with E-state index < -0.39 is 16.9 Å². The van der Waals surface area contributed by atoms with E-state index in [-0.39, 0.29) is 11.6 Å². The number of benzene rings is 1. The van der Waals surface area contributed by atoms with Gasteiger partial charge >= 0.3 is 0 Å². The minimum Gasteiger partial charge on any atom is -0.495 e. The molecule has 2 aromatic heterocycles. The molecule has 33 heavy (non-hydrogen) atoms. The molecule has 1 saturated heterocycles. The zero-order valence-electron chi connectivity index (χ0n) is 19.2. The minimum atomic E-state index is -0.566. The van der Waals surface area contributed by atoms with Gasteiger partial charge in [-0.25, -0.2) is 9.97 Å². The largest absolute Gasteiger partial charge is 0.495 e. The Balaban J connectivity index is 1.72. The monoisotopic (exact) mass is 449 g/mol. The first kappa shape index (κ1) is 22.4. The Hall–Kier alpha value is -3.75. The van der Waals surface area contributed by atoms with Crippen LogP contribution in [0.3, 0.4) is 0 Å². The van der Waals surface area contributed by atoms with Gasteiger partial charge in [0.05, 0.1) is 12.8 Å². The van der Waals surface area contributed by atoms with Crippen LogP contribution < -0.4 is 10.3 Å². The van der Waals surface area contributed by atoms with Crippen LogP contribution in [0, 0.1) is 5.41 Å². The van der Waals surface area contributed by atoms with Crippen LogP contribution in [0.2, 0.25) is 0 Å². The lowest BCUT2D eigenvalue weighted by Gasteiger charge is -2.37. The summed E-state index contributed by atoms with van der Waals surface area (Å²) in [5.41, 5.74) is 0.00495. The molecule has 3 aromatic rings. The molecular weight excluding hydrogens is 422 g/mol. The number of para-hydroxylation sites is 2. The lowest BCUT2D eigenvalue weighted by Crippen LogP contribution is -2.53. The molecule has 2 amide bonds. The molecule has 3 heterocycles. The molecule has 0 bridgehead atoms. The van der Waals surface area contributed by atoms with Gasteiger partial charge in [0.1, 0.15) is 11.3 Å². The van der Waals surface area contributed by atoms with Gasteiger partial charge in [-0.3, -0.25) is 19.0 Å². The fraction of sp³-hybridized carbons (Fsp3) is 0.375. The fourth-order valence-corrected chi connectivity index (χ4v) is 3.93. The number of piperazine rings is 1. The number of pyridine rings is 1. The van der Waals surface area contributed by atoms with E-state index in [1.807, 2.05) is 20.8 Å². The summed E-state index contributed by atoms with van der Waals surface area (Å²) >= 11 is 0. The molecule has 1 fully saturated rings. The topological polar surface area (TPSA) is 97.6 Å². The van der Waals surface area contributed by atoms with Crippen molar-refractivity contribution < 1.29 is 14.3 Å². The van der Waals surface area contributed by atoms with Gasteiger partial charge in [0, 0.05) is 37.8 Å². The molecule has 0 radical (unpaired) electrons. The summed E-state index contributed by atoms with van der Waals surface area (Å²) in [6, 6.07) is 10.5. The van der Waals surface area contributed by atoms with E-state index in [1.165, 1.54) is 11.7 Å². The van der Waals surface area contributed by atoms with E-state index in [4.69, 9.17) is 4.74 Å². The van der Waals surface area contributed by atoms with E-state index in [0.29, 0.717) is 48.8 Å². The second-order valence-electron chi connectivity index (χ2n) is 8.95. The number of rotatable bonds is 3. The zero-order valence-corrected chi connectivity index (χ0v) is 19.2.